The minimum Gasteiger partial charge on any atom is -0.325 e. The van der Waals surface area contributed by atoms with Gasteiger partial charge in [-0.2, -0.15) is 0 Å². The van der Waals surface area contributed by atoms with Crippen molar-refractivity contribution in [2.45, 2.75) is 48.7 Å². The van der Waals surface area contributed by atoms with Crippen LogP contribution in [0.1, 0.15) is 37.7 Å². The van der Waals surface area contributed by atoms with Gasteiger partial charge < -0.3 is 5.32 Å². The fourth-order valence-corrected chi connectivity index (χ4v) is 5.54. The van der Waals surface area contributed by atoms with E-state index in [0.29, 0.717) is 10.3 Å². The molecule has 0 aliphatic heterocycles. The molecule has 0 unspecified atom stereocenters. The number of hydrogen-bond donors (Lipinski definition) is 1. The van der Waals surface area contributed by atoms with E-state index in [0.717, 1.165) is 27.2 Å². The second-order valence-corrected chi connectivity index (χ2v) is 9.75. The molecule has 4 rings (SSSR count). The molecule has 0 atom stereocenters. The van der Waals surface area contributed by atoms with Crippen LogP contribution < -0.4 is 11.0 Å². The molecule has 1 aromatic heterocycles. The number of fused-ring (bicyclic) bond motifs is 1. The van der Waals surface area contributed by atoms with Crippen LogP contribution in [-0.4, -0.2) is 20.3 Å². The first-order valence-corrected chi connectivity index (χ1v) is 11.6. The molecule has 0 bridgehead atoms. The molecule has 1 aliphatic carbocycles. The lowest BCUT2D eigenvalue weighted by atomic mass is 10.0. The van der Waals surface area contributed by atoms with E-state index in [1.54, 1.807) is 35.4 Å². The van der Waals surface area contributed by atoms with Gasteiger partial charge in [0.25, 0.3) is 0 Å². The van der Waals surface area contributed by atoms with Crippen LogP contribution in [0.15, 0.2) is 46.1 Å². The predicted octanol–water partition coefficient (Wildman–Crippen LogP) is 5.14. The molecule has 1 fully saturated rings. The number of imidazole rings is 1. The summed E-state index contributed by atoms with van der Waals surface area (Å²) in [6.07, 6.45) is 6.46. The lowest BCUT2D eigenvalue weighted by molar-refractivity contribution is -0.115. The lowest BCUT2D eigenvalue weighted by Gasteiger charge is -2.22. The monoisotopic (exact) mass is 443 g/mol. The Morgan fingerprint density at radius 3 is 2.37 bits per heavy atom. The number of aromatic nitrogens is 2. The van der Waals surface area contributed by atoms with Gasteiger partial charge in [0.15, 0.2) is 0 Å². The largest absolute Gasteiger partial charge is 0.328 e. The van der Waals surface area contributed by atoms with Gasteiger partial charge in [0.1, 0.15) is 0 Å². The molecule has 3 aromatic rings. The zero-order valence-corrected chi connectivity index (χ0v) is 18.9. The third-order valence-corrected chi connectivity index (χ3v) is 7.42. The first-order chi connectivity index (χ1) is 14.4. The van der Waals surface area contributed by atoms with Crippen molar-refractivity contribution in [3.63, 3.8) is 0 Å². The van der Waals surface area contributed by atoms with Crippen LogP contribution in [0.4, 0.5) is 5.69 Å². The number of nitrogens with zero attached hydrogens (tertiary/aromatic N) is 2. The summed E-state index contributed by atoms with van der Waals surface area (Å²) < 4.78 is 3.29. The second kappa shape index (κ2) is 8.90. The van der Waals surface area contributed by atoms with Crippen LogP contribution >= 0.6 is 23.4 Å². The number of aryl methyl sites for hydroxylation is 2. The summed E-state index contributed by atoms with van der Waals surface area (Å²) >= 11 is 7.77. The number of thioether (sulfide) groups is 1. The van der Waals surface area contributed by atoms with Crippen molar-refractivity contribution >= 4 is 46.0 Å². The number of rotatable bonds is 5. The van der Waals surface area contributed by atoms with E-state index in [9.17, 15) is 9.59 Å². The molecule has 158 valence electrons. The van der Waals surface area contributed by atoms with E-state index in [1.807, 2.05) is 36.0 Å². The summed E-state index contributed by atoms with van der Waals surface area (Å²) in [4.78, 5) is 26.2. The molecule has 30 heavy (non-hydrogen) atoms. The fourth-order valence-electron chi connectivity index (χ4n) is 4.07. The Morgan fingerprint density at radius 2 is 1.70 bits per heavy atom. The Bertz CT molecular complexity index is 1130. The molecule has 2 aromatic carbocycles. The third kappa shape index (κ3) is 4.44. The van der Waals surface area contributed by atoms with Gasteiger partial charge in [-0.3, -0.25) is 13.9 Å². The standard InChI is InChI=1S/C23H26ClN3O2S/c1-26-19-13-18(25-22(28)12-15-8-10-16(24)11-9-15)21(14-20(19)27(2)23(26)29)30-17-6-4-3-5-7-17/h8-11,13-14,17H,3-7,12H2,1-2H3,(H,25,28). The molecule has 5 nitrogen and oxygen atoms in total. The van der Waals surface area contributed by atoms with Gasteiger partial charge in [0.05, 0.1) is 23.1 Å². The van der Waals surface area contributed by atoms with Crippen LogP contribution in [0.5, 0.6) is 0 Å². The highest BCUT2D eigenvalue weighted by Crippen LogP contribution is 2.39. The van der Waals surface area contributed by atoms with E-state index in [4.69, 9.17) is 11.6 Å². The number of benzene rings is 2. The molecular weight excluding hydrogens is 418 g/mol. The number of halogens is 1. The van der Waals surface area contributed by atoms with E-state index in [1.165, 1.54) is 32.1 Å². The first-order valence-electron chi connectivity index (χ1n) is 10.3. The van der Waals surface area contributed by atoms with Crippen molar-refractivity contribution in [1.29, 1.82) is 0 Å². The zero-order chi connectivity index (χ0) is 21.3. The Morgan fingerprint density at radius 1 is 1.07 bits per heavy atom. The maximum Gasteiger partial charge on any atom is 0.328 e. The fraction of sp³-hybridized carbons (Fsp3) is 0.391. The maximum absolute atomic E-state index is 12.8. The van der Waals surface area contributed by atoms with Gasteiger partial charge in [-0.05, 0) is 42.7 Å². The van der Waals surface area contributed by atoms with Gasteiger partial charge in [0, 0.05) is 29.3 Å². The minimum absolute atomic E-state index is 0.0664. The lowest BCUT2D eigenvalue weighted by Crippen LogP contribution is -2.19. The molecule has 1 aliphatic rings. The highest BCUT2D eigenvalue weighted by molar-refractivity contribution is 8.00. The van der Waals surface area contributed by atoms with Gasteiger partial charge in [-0.25, -0.2) is 4.79 Å². The van der Waals surface area contributed by atoms with Crippen molar-refractivity contribution in [3.05, 3.63) is 57.5 Å². The van der Waals surface area contributed by atoms with Crippen LogP contribution in [0.2, 0.25) is 5.02 Å². The quantitative estimate of drug-likeness (QED) is 0.594. The van der Waals surface area contributed by atoms with E-state index in [-0.39, 0.29) is 18.0 Å². The summed E-state index contributed by atoms with van der Waals surface area (Å²) in [6.45, 7) is 0. The Hall–Kier alpha value is -2.18. The summed E-state index contributed by atoms with van der Waals surface area (Å²) in [7, 11) is 3.55. The Labute approximate surface area is 185 Å². The van der Waals surface area contributed by atoms with Crippen LogP contribution in [-0.2, 0) is 25.3 Å². The molecule has 0 saturated heterocycles. The summed E-state index contributed by atoms with van der Waals surface area (Å²) in [5, 5.41) is 4.29. The van der Waals surface area contributed by atoms with Crippen molar-refractivity contribution in [1.82, 2.24) is 9.13 Å². The van der Waals surface area contributed by atoms with Gasteiger partial charge in [-0.15, -0.1) is 11.8 Å². The SMILES string of the molecule is Cn1c(=O)n(C)c2cc(SC3CCCCC3)c(NC(=O)Cc3ccc(Cl)cc3)cc21. The average molecular weight is 444 g/mol. The molecule has 0 radical (unpaired) electrons. The molecule has 1 N–H and O–H groups in total. The zero-order valence-electron chi connectivity index (χ0n) is 17.3. The van der Waals surface area contributed by atoms with Crippen molar-refractivity contribution in [2.24, 2.45) is 14.1 Å². The number of amides is 1. The van der Waals surface area contributed by atoms with Gasteiger partial charge >= 0.3 is 5.69 Å². The first kappa shape index (κ1) is 21.1. The van der Waals surface area contributed by atoms with Crippen LogP contribution in [0, 0.1) is 0 Å². The molecule has 1 amide bonds. The summed E-state index contributed by atoms with van der Waals surface area (Å²) in [5.41, 5.74) is 3.32. The number of anilines is 1. The van der Waals surface area contributed by atoms with Crippen molar-refractivity contribution in [2.75, 3.05) is 5.32 Å². The van der Waals surface area contributed by atoms with Crippen molar-refractivity contribution in [3.8, 4) is 0 Å². The van der Waals surface area contributed by atoms with Gasteiger partial charge in [-0.1, -0.05) is 43.0 Å². The van der Waals surface area contributed by atoms with E-state index >= 15 is 0 Å². The van der Waals surface area contributed by atoms with Crippen LogP contribution in [0.25, 0.3) is 11.0 Å². The third-order valence-electron chi connectivity index (χ3n) is 5.77. The summed E-state index contributed by atoms with van der Waals surface area (Å²) in [6, 6.07) is 11.3. The molecule has 1 heterocycles. The summed E-state index contributed by atoms with van der Waals surface area (Å²) in [5.74, 6) is -0.0805. The molecule has 1 saturated carbocycles. The Kier molecular flexibility index (Phi) is 6.25. The number of nitrogens with one attached hydrogen (secondary N) is 1. The van der Waals surface area contributed by atoms with E-state index in [2.05, 4.69) is 5.32 Å². The smallest absolute Gasteiger partial charge is 0.325 e. The highest BCUT2D eigenvalue weighted by atomic mass is 35.5. The Balaban J connectivity index is 1.65. The van der Waals surface area contributed by atoms with Crippen molar-refractivity contribution < 1.29 is 4.79 Å². The minimum atomic E-state index is -0.0805. The molecule has 0 spiro atoms. The van der Waals surface area contributed by atoms with Crippen LogP contribution in [0.3, 0.4) is 0 Å². The average Bonchev–Trinajstić information content (AvgIpc) is 2.94. The molecule has 7 heteroatoms. The maximum atomic E-state index is 12.8. The second-order valence-electron chi connectivity index (χ2n) is 7.97. The normalized spacial score (nSPS) is 14.9. The predicted molar refractivity (Wildman–Crippen MR) is 125 cm³/mol. The topological polar surface area (TPSA) is 56.0 Å². The number of hydrogen-bond acceptors (Lipinski definition) is 3. The van der Waals surface area contributed by atoms with Gasteiger partial charge in [0.2, 0.25) is 5.91 Å². The highest BCUT2D eigenvalue weighted by Gasteiger charge is 2.20. The number of carbonyl (C=O) groups excluding carboxylic acids is 1. The van der Waals surface area contributed by atoms with E-state index < -0.39 is 0 Å². The molecular formula is C23H26ClN3O2S. The number of carbonyl (C=O) groups is 1.